The Labute approximate surface area is 158 Å². The van der Waals surface area contributed by atoms with Gasteiger partial charge in [-0.2, -0.15) is 0 Å². The predicted molar refractivity (Wildman–Crippen MR) is 102 cm³/mol. The second-order valence-corrected chi connectivity index (χ2v) is 7.24. The number of nitrogens with zero attached hydrogens (tertiary/aromatic N) is 2. The average molecular weight is 450 g/mol. The van der Waals surface area contributed by atoms with Crippen molar-refractivity contribution >= 4 is 40.5 Å². The molecule has 128 valence electrons. The van der Waals surface area contributed by atoms with Gasteiger partial charge in [-0.3, -0.25) is 19.5 Å². The third-order valence-electron chi connectivity index (χ3n) is 3.97. The van der Waals surface area contributed by atoms with Gasteiger partial charge in [-0.1, -0.05) is 40.8 Å². The van der Waals surface area contributed by atoms with E-state index in [9.17, 15) is 14.0 Å². The molecule has 1 atom stereocenters. The van der Waals surface area contributed by atoms with Gasteiger partial charge in [0, 0.05) is 24.7 Å². The summed E-state index contributed by atoms with van der Waals surface area (Å²) in [7, 11) is 0. The standard InChI is InChI=1S/C19H16FIN2O2/c20-15-6-4-14(5-7-15)17-9-3-13(12-22-17)2-1-11-23-18(24)10-8-16(21)19(23)25/h1-7,9,12,16H,8,10-11H2. The number of likely N-dealkylation sites (tertiary alicyclic amines) is 1. The number of amides is 2. The number of piperidine rings is 1. The highest BCUT2D eigenvalue weighted by Gasteiger charge is 2.31. The van der Waals surface area contributed by atoms with Crippen LogP contribution in [0.15, 0.2) is 48.7 Å². The number of hydrogen-bond acceptors (Lipinski definition) is 3. The zero-order valence-electron chi connectivity index (χ0n) is 13.4. The summed E-state index contributed by atoms with van der Waals surface area (Å²) in [6, 6.07) is 9.91. The zero-order chi connectivity index (χ0) is 17.8. The van der Waals surface area contributed by atoms with Crippen LogP contribution in [0.5, 0.6) is 0 Å². The Morgan fingerprint density at radius 1 is 1.20 bits per heavy atom. The molecule has 0 radical (unpaired) electrons. The van der Waals surface area contributed by atoms with E-state index in [0.717, 1.165) is 16.8 Å². The van der Waals surface area contributed by atoms with E-state index in [1.165, 1.54) is 17.0 Å². The molecule has 1 saturated heterocycles. The third kappa shape index (κ3) is 4.31. The summed E-state index contributed by atoms with van der Waals surface area (Å²) in [6.45, 7) is 0.275. The van der Waals surface area contributed by atoms with Crippen LogP contribution in [-0.4, -0.2) is 32.2 Å². The number of hydrogen-bond donors (Lipinski definition) is 0. The number of imide groups is 1. The maximum Gasteiger partial charge on any atom is 0.242 e. The van der Waals surface area contributed by atoms with Crippen molar-refractivity contribution in [2.75, 3.05) is 6.54 Å². The summed E-state index contributed by atoms with van der Waals surface area (Å²) >= 11 is 2.08. The number of pyridine rings is 1. The maximum atomic E-state index is 13.0. The average Bonchev–Trinajstić information content (AvgIpc) is 2.62. The molecule has 2 amide bonds. The molecule has 0 saturated carbocycles. The van der Waals surface area contributed by atoms with E-state index in [-0.39, 0.29) is 28.1 Å². The van der Waals surface area contributed by atoms with E-state index in [1.54, 1.807) is 24.4 Å². The minimum atomic E-state index is -0.279. The van der Waals surface area contributed by atoms with Gasteiger partial charge in [0.25, 0.3) is 0 Å². The molecule has 2 aromatic rings. The van der Waals surface area contributed by atoms with Crippen molar-refractivity contribution in [2.45, 2.75) is 16.8 Å². The Balaban J connectivity index is 1.65. The van der Waals surface area contributed by atoms with E-state index in [0.29, 0.717) is 12.8 Å². The largest absolute Gasteiger partial charge is 0.278 e. The lowest BCUT2D eigenvalue weighted by molar-refractivity contribution is -0.146. The Morgan fingerprint density at radius 3 is 2.64 bits per heavy atom. The Bertz CT molecular complexity index is 803. The third-order valence-corrected chi connectivity index (χ3v) is 5.13. The summed E-state index contributed by atoms with van der Waals surface area (Å²) in [5, 5.41) is 0. The normalized spacial score (nSPS) is 18.2. The van der Waals surface area contributed by atoms with Crippen LogP contribution in [0.2, 0.25) is 0 Å². The summed E-state index contributed by atoms with van der Waals surface area (Å²) < 4.78 is 12.8. The molecule has 1 fully saturated rings. The highest BCUT2D eigenvalue weighted by atomic mass is 127. The number of carbonyl (C=O) groups excluding carboxylic acids is 2. The van der Waals surface area contributed by atoms with Gasteiger partial charge in [-0.25, -0.2) is 4.39 Å². The quantitative estimate of drug-likeness (QED) is 0.404. The Morgan fingerprint density at radius 2 is 1.96 bits per heavy atom. The Hall–Kier alpha value is -2.09. The molecule has 25 heavy (non-hydrogen) atoms. The molecule has 1 aliphatic heterocycles. The molecule has 1 unspecified atom stereocenters. The first-order chi connectivity index (χ1) is 12.0. The van der Waals surface area contributed by atoms with Gasteiger partial charge in [0.15, 0.2) is 0 Å². The number of aromatic nitrogens is 1. The van der Waals surface area contributed by atoms with Crippen LogP contribution in [0.25, 0.3) is 17.3 Å². The fraction of sp³-hybridized carbons (Fsp3) is 0.211. The van der Waals surface area contributed by atoms with Crippen LogP contribution in [0, 0.1) is 5.82 Å². The van der Waals surface area contributed by atoms with Gasteiger partial charge in [0.2, 0.25) is 11.8 Å². The number of halogens is 2. The van der Waals surface area contributed by atoms with Gasteiger partial charge in [0.1, 0.15) is 5.82 Å². The number of benzene rings is 1. The predicted octanol–water partition coefficient (Wildman–Crippen LogP) is 3.85. The van der Waals surface area contributed by atoms with Gasteiger partial charge >= 0.3 is 0 Å². The minimum Gasteiger partial charge on any atom is -0.278 e. The summed E-state index contributed by atoms with van der Waals surface area (Å²) in [4.78, 5) is 29.5. The van der Waals surface area contributed by atoms with Crippen molar-refractivity contribution in [1.82, 2.24) is 9.88 Å². The molecule has 6 heteroatoms. The second-order valence-electron chi connectivity index (χ2n) is 5.73. The summed E-state index contributed by atoms with van der Waals surface area (Å²) in [5.74, 6) is -0.516. The molecule has 1 aromatic carbocycles. The maximum absolute atomic E-state index is 13.0. The molecule has 0 spiro atoms. The van der Waals surface area contributed by atoms with Crippen LogP contribution in [0.3, 0.4) is 0 Å². The van der Waals surface area contributed by atoms with Crippen molar-refractivity contribution in [3.05, 3.63) is 60.1 Å². The highest BCUT2D eigenvalue weighted by Crippen LogP contribution is 2.20. The second kappa shape index (κ2) is 7.86. The van der Waals surface area contributed by atoms with Gasteiger partial charge in [0.05, 0.1) is 9.62 Å². The van der Waals surface area contributed by atoms with Crippen molar-refractivity contribution in [3.8, 4) is 11.3 Å². The monoisotopic (exact) mass is 450 g/mol. The van der Waals surface area contributed by atoms with E-state index in [2.05, 4.69) is 27.6 Å². The number of carbonyl (C=O) groups is 2. The molecular weight excluding hydrogens is 434 g/mol. The lowest BCUT2D eigenvalue weighted by Gasteiger charge is -2.26. The lowest BCUT2D eigenvalue weighted by atomic mass is 10.1. The first-order valence-electron chi connectivity index (χ1n) is 7.91. The van der Waals surface area contributed by atoms with Gasteiger partial charge in [-0.05, 0) is 42.3 Å². The van der Waals surface area contributed by atoms with Crippen LogP contribution >= 0.6 is 22.6 Å². The van der Waals surface area contributed by atoms with Crippen LogP contribution in [-0.2, 0) is 9.59 Å². The zero-order valence-corrected chi connectivity index (χ0v) is 15.5. The number of alkyl halides is 1. The van der Waals surface area contributed by atoms with Crippen LogP contribution < -0.4 is 0 Å². The first-order valence-corrected chi connectivity index (χ1v) is 9.16. The smallest absolute Gasteiger partial charge is 0.242 e. The van der Waals surface area contributed by atoms with E-state index in [4.69, 9.17) is 0 Å². The van der Waals surface area contributed by atoms with Crippen molar-refractivity contribution in [1.29, 1.82) is 0 Å². The van der Waals surface area contributed by atoms with E-state index >= 15 is 0 Å². The summed E-state index contributed by atoms with van der Waals surface area (Å²) in [6.07, 6.45) is 6.36. The van der Waals surface area contributed by atoms with Crippen LogP contribution in [0.4, 0.5) is 4.39 Å². The molecular formula is C19H16FIN2O2. The van der Waals surface area contributed by atoms with Gasteiger partial charge < -0.3 is 0 Å². The molecule has 1 aliphatic rings. The van der Waals surface area contributed by atoms with E-state index in [1.807, 2.05) is 18.2 Å². The fourth-order valence-corrected chi connectivity index (χ4v) is 3.23. The minimum absolute atomic E-state index is 0.118. The highest BCUT2D eigenvalue weighted by molar-refractivity contribution is 14.1. The summed E-state index contributed by atoms with van der Waals surface area (Å²) in [5.41, 5.74) is 2.47. The van der Waals surface area contributed by atoms with Crippen molar-refractivity contribution in [2.24, 2.45) is 0 Å². The Kier molecular flexibility index (Phi) is 5.57. The molecule has 3 rings (SSSR count). The van der Waals surface area contributed by atoms with Gasteiger partial charge in [-0.15, -0.1) is 0 Å². The van der Waals surface area contributed by atoms with Crippen molar-refractivity contribution < 1.29 is 14.0 Å². The topological polar surface area (TPSA) is 50.3 Å². The molecule has 2 heterocycles. The molecule has 1 aromatic heterocycles. The number of rotatable bonds is 4. The first kappa shape index (κ1) is 17.7. The van der Waals surface area contributed by atoms with Crippen LogP contribution in [0.1, 0.15) is 18.4 Å². The SMILES string of the molecule is O=C1CCC(I)C(=O)N1CC=Cc1ccc(-c2ccc(F)cc2)nc1. The fourth-order valence-electron chi connectivity index (χ4n) is 2.58. The lowest BCUT2D eigenvalue weighted by Crippen LogP contribution is -2.45. The van der Waals surface area contributed by atoms with Crippen molar-refractivity contribution in [3.63, 3.8) is 0 Å². The van der Waals surface area contributed by atoms with E-state index < -0.39 is 0 Å². The molecule has 0 N–H and O–H groups in total. The molecule has 0 aliphatic carbocycles. The molecule has 4 nitrogen and oxygen atoms in total. The molecule has 0 bridgehead atoms.